The number of carbonyl (C=O) groups excluding carboxylic acids is 2. The van der Waals surface area contributed by atoms with E-state index in [-0.39, 0.29) is 18.4 Å². The van der Waals surface area contributed by atoms with E-state index in [1.807, 2.05) is 24.3 Å². The van der Waals surface area contributed by atoms with Crippen molar-refractivity contribution in [1.29, 1.82) is 0 Å². The molecule has 0 spiro atoms. The summed E-state index contributed by atoms with van der Waals surface area (Å²) in [4.78, 5) is 24.1. The van der Waals surface area contributed by atoms with Gasteiger partial charge in [-0.25, -0.2) is 0 Å². The molecule has 0 unspecified atom stereocenters. The normalized spacial score (nSPS) is 10.2. The summed E-state index contributed by atoms with van der Waals surface area (Å²) in [5.74, 6) is -0.410. The van der Waals surface area contributed by atoms with E-state index in [0.717, 1.165) is 10.2 Å². The Morgan fingerprint density at radius 1 is 1.12 bits per heavy atom. The lowest BCUT2D eigenvalue weighted by atomic mass is 10.2. The van der Waals surface area contributed by atoms with E-state index in [4.69, 9.17) is 4.74 Å². The quantitative estimate of drug-likeness (QED) is 0.589. The lowest BCUT2D eigenvalue weighted by Gasteiger charge is -2.10. The number of amides is 2. The second-order valence-electron chi connectivity index (χ2n) is 5.21. The predicted octanol–water partition coefficient (Wildman–Crippen LogP) is 2.88. The van der Waals surface area contributed by atoms with Gasteiger partial charge in [0.2, 0.25) is 5.91 Å². The minimum Gasteiger partial charge on any atom is -0.383 e. The summed E-state index contributed by atoms with van der Waals surface area (Å²) in [7, 11) is 1.57. The summed E-state index contributed by atoms with van der Waals surface area (Å²) in [5, 5.41) is 8.56. The molecule has 2 amide bonds. The van der Waals surface area contributed by atoms with Crippen LogP contribution in [0.2, 0.25) is 0 Å². The Kier molecular flexibility index (Phi) is 7.43. The van der Waals surface area contributed by atoms with E-state index in [1.165, 1.54) is 0 Å². The zero-order valence-corrected chi connectivity index (χ0v) is 15.4. The zero-order valence-electron chi connectivity index (χ0n) is 13.8. The van der Waals surface area contributed by atoms with E-state index in [9.17, 15) is 9.59 Å². The number of benzene rings is 2. The van der Waals surface area contributed by atoms with Gasteiger partial charge in [-0.15, -0.1) is 0 Å². The van der Waals surface area contributed by atoms with E-state index in [0.29, 0.717) is 24.4 Å². The number of halogens is 1. The third-order valence-corrected chi connectivity index (χ3v) is 4.01. The number of methoxy groups -OCH3 is 1. The molecule has 0 aromatic heterocycles. The van der Waals surface area contributed by atoms with Gasteiger partial charge in [0, 0.05) is 35.1 Å². The molecule has 2 rings (SSSR count). The van der Waals surface area contributed by atoms with Crippen LogP contribution in [0.4, 0.5) is 11.4 Å². The van der Waals surface area contributed by atoms with Crippen LogP contribution in [0, 0.1) is 0 Å². The van der Waals surface area contributed by atoms with E-state index >= 15 is 0 Å². The summed E-state index contributed by atoms with van der Waals surface area (Å²) in [6, 6.07) is 14.4. The second kappa shape index (κ2) is 9.80. The maximum atomic E-state index is 12.1. The first-order valence-electron chi connectivity index (χ1n) is 7.75. The lowest BCUT2D eigenvalue weighted by Crippen LogP contribution is -2.27. The molecule has 0 atom stereocenters. The summed E-state index contributed by atoms with van der Waals surface area (Å²) in [6.07, 6.45) is 0. The van der Waals surface area contributed by atoms with Crippen molar-refractivity contribution >= 4 is 39.1 Å². The number of rotatable bonds is 8. The Balaban J connectivity index is 1.89. The highest BCUT2D eigenvalue weighted by atomic mass is 79.9. The Morgan fingerprint density at radius 2 is 1.92 bits per heavy atom. The maximum absolute atomic E-state index is 12.1. The van der Waals surface area contributed by atoms with Gasteiger partial charge in [0.05, 0.1) is 13.2 Å². The van der Waals surface area contributed by atoms with Gasteiger partial charge in [0.1, 0.15) is 0 Å². The minimum absolute atomic E-state index is 0.118. The Hall–Kier alpha value is -2.38. The van der Waals surface area contributed by atoms with Crippen LogP contribution in [0.15, 0.2) is 53.0 Å². The van der Waals surface area contributed by atoms with E-state index in [1.54, 1.807) is 31.4 Å². The van der Waals surface area contributed by atoms with Gasteiger partial charge in [0.15, 0.2) is 0 Å². The van der Waals surface area contributed by atoms with Crippen molar-refractivity contribution in [3.8, 4) is 0 Å². The molecule has 6 nitrogen and oxygen atoms in total. The monoisotopic (exact) mass is 405 g/mol. The first kappa shape index (κ1) is 19.0. The van der Waals surface area contributed by atoms with Gasteiger partial charge < -0.3 is 20.7 Å². The standard InChI is InChI=1S/C18H20BrN3O3/c1-25-10-9-20-18(24)13-5-4-6-14(11-13)22-17(23)12-21-16-8-3-2-7-15(16)19/h2-8,11,21H,9-10,12H2,1H3,(H,20,24)(H,22,23). The van der Waals surface area contributed by atoms with Gasteiger partial charge in [-0.3, -0.25) is 9.59 Å². The largest absolute Gasteiger partial charge is 0.383 e. The number of nitrogens with one attached hydrogen (secondary N) is 3. The van der Waals surface area contributed by atoms with Crippen molar-refractivity contribution in [2.45, 2.75) is 0 Å². The van der Waals surface area contributed by atoms with Gasteiger partial charge in [0.25, 0.3) is 5.91 Å². The van der Waals surface area contributed by atoms with Crippen LogP contribution < -0.4 is 16.0 Å². The molecule has 0 aliphatic rings. The molecule has 0 bridgehead atoms. The fraction of sp³-hybridized carbons (Fsp3) is 0.222. The van der Waals surface area contributed by atoms with Crippen molar-refractivity contribution in [3.05, 3.63) is 58.6 Å². The Morgan fingerprint density at radius 3 is 2.68 bits per heavy atom. The molecule has 25 heavy (non-hydrogen) atoms. The predicted molar refractivity (Wildman–Crippen MR) is 102 cm³/mol. The van der Waals surface area contributed by atoms with Crippen molar-refractivity contribution in [3.63, 3.8) is 0 Å². The summed E-state index contributed by atoms with van der Waals surface area (Å²) >= 11 is 3.42. The van der Waals surface area contributed by atoms with Crippen LogP contribution in [0.3, 0.4) is 0 Å². The van der Waals surface area contributed by atoms with E-state index in [2.05, 4.69) is 31.9 Å². The van der Waals surface area contributed by atoms with Crippen LogP contribution >= 0.6 is 15.9 Å². The van der Waals surface area contributed by atoms with Crippen molar-refractivity contribution < 1.29 is 14.3 Å². The summed E-state index contributed by atoms with van der Waals surface area (Å²) in [6.45, 7) is 0.998. The molecular weight excluding hydrogens is 386 g/mol. The number of anilines is 2. The molecule has 3 N–H and O–H groups in total. The number of carbonyl (C=O) groups is 2. The van der Waals surface area contributed by atoms with Crippen LogP contribution in [-0.4, -0.2) is 38.6 Å². The Labute approximate surface area is 155 Å². The van der Waals surface area contributed by atoms with E-state index < -0.39 is 0 Å². The lowest BCUT2D eigenvalue weighted by molar-refractivity contribution is -0.114. The third kappa shape index (κ3) is 6.21. The highest BCUT2D eigenvalue weighted by Crippen LogP contribution is 2.20. The average molecular weight is 406 g/mol. The van der Waals surface area contributed by atoms with Gasteiger partial charge in [-0.1, -0.05) is 18.2 Å². The van der Waals surface area contributed by atoms with Crippen LogP contribution in [0.25, 0.3) is 0 Å². The maximum Gasteiger partial charge on any atom is 0.251 e. The van der Waals surface area contributed by atoms with Crippen molar-refractivity contribution in [2.75, 3.05) is 37.4 Å². The van der Waals surface area contributed by atoms with Gasteiger partial charge in [-0.05, 0) is 46.3 Å². The molecule has 0 aliphatic heterocycles. The summed E-state index contributed by atoms with van der Waals surface area (Å²) < 4.78 is 5.78. The van der Waals surface area contributed by atoms with Crippen LogP contribution in [-0.2, 0) is 9.53 Å². The highest BCUT2D eigenvalue weighted by molar-refractivity contribution is 9.10. The molecule has 0 heterocycles. The van der Waals surface area contributed by atoms with Crippen molar-refractivity contribution in [1.82, 2.24) is 5.32 Å². The zero-order chi connectivity index (χ0) is 18.1. The molecular formula is C18H20BrN3O3. The number of hydrogen-bond acceptors (Lipinski definition) is 4. The van der Waals surface area contributed by atoms with Gasteiger partial charge >= 0.3 is 0 Å². The first-order valence-corrected chi connectivity index (χ1v) is 8.55. The molecule has 2 aromatic rings. The molecule has 0 fully saturated rings. The molecule has 7 heteroatoms. The molecule has 0 saturated carbocycles. The van der Waals surface area contributed by atoms with Crippen molar-refractivity contribution in [2.24, 2.45) is 0 Å². The minimum atomic E-state index is -0.209. The fourth-order valence-corrected chi connectivity index (χ4v) is 2.52. The van der Waals surface area contributed by atoms with Crippen LogP contribution in [0.1, 0.15) is 10.4 Å². The first-order chi connectivity index (χ1) is 12.1. The smallest absolute Gasteiger partial charge is 0.251 e. The molecule has 0 radical (unpaired) electrons. The molecule has 2 aromatic carbocycles. The fourth-order valence-electron chi connectivity index (χ4n) is 2.09. The average Bonchev–Trinajstić information content (AvgIpc) is 2.61. The molecule has 0 saturated heterocycles. The van der Waals surface area contributed by atoms with Crippen LogP contribution in [0.5, 0.6) is 0 Å². The topological polar surface area (TPSA) is 79.5 Å². The number of ether oxygens (including phenoxy) is 1. The SMILES string of the molecule is COCCNC(=O)c1cccc(NC(=O)CNc2ccccc2Br)c1. The number of para-hydroxylation sites is 1. The summed E-state index contributed by atoms with van der Waals surface area (Å²) in [5.41, 5.74) is 1.88. The Bertz CT molecular complexity index is 737. The molecule has 132 valence electrons. The molecule has 0 aliphatic carbocycles. The third-order valence-electron chi connectivity index (χ3n) is 3.31. The second-order valence-corrected chi connectivity index (χ2v) is 6.07. The van der Waals surface area contributed by atoms with Gasteiger partial charge in [-0.2, -0.15) is 0 Å². The highest BCUT2D eigenvalue weighted by Gasteiger charge is 2.08. The number of hydrogen-bond donors (Lipinski definition) is 3.